The second-order valence-electron chi connectivity index (χ2n) is 7.93. The summed E-state index contributed by atoms with van der Waals surface area (Å²) in [4.78, 5) is 26.6. The lowest BCUT2D eigenvalue weighted by Gasteiger charge is -2.10. The van der Waals surface area contributed by atoms with Crippen LogP contribution < -0.4 is 5.32 Å². The summed E-state index contributed by atoms with van der Waals surface area (Å²) in [5, 5.41) is 13.8. The molecule has 2 saturated carbocycles. The third kappa shape index (κ3) is 3.61. The molecule has 8 nitrogen and oxygen atoms in total. The molecule has 1 amide bonds. The van der Waals surface area contributed by atoms with E-state index in [-0.39, 0.29) is 5.91 Å². The minimum atomic E-state index is -0.269. The van der Waals surface area contributed by atoms with Gasteiger partial charge in [-0.3, -0.25) is 9.78 Å². The number of aromatic nitrogens is 6. The lowest BCUT2D eigenvalue weighted by atomic mass is 10.0. The van der Waals surface area contributed by atoms with Gasteiger partial charge in [-0.2, -0.15) is 0 Å². The molecule has 6 rings (SSSR count). The largest absolute Gasteiger partial charge is 0.308 e. The first kappa shape index (κ1) is 18.3. The Labute approximate surface area is 182 Å². The van der Waals surface area contributed by atoms with Crippen LogP contribution >= 0.6 is 11.3 Å². The lowest BCUT2D eigenvalue weighted by Crippen LogP contribution is -2.16. The van der Waals surface area contributed by atoms with Crippen molar-refractivity contribution in [2.24, 2.45) is 0 Å². The Bertz CT molecular complexity index is 1260. The van der Waals surface area contributed by atoms with E-state index in [0.717, 1.165) is 53.3 Å². The quantitative estimate of drug-likeness (QED) is 0.490. The number of rotatable bonds is 6. The number of anilines is 1. The van der Waals surface area contributed by atoms with Crippen molar-refractivity contribution >= 4 is 23.1 Å². The van der Waals surface area contributed by atoms with Crippen molar-refractivity contribution in [3.05, 3.63) is 59.8 Å². The number of thiazole rings is 1. The van der Waals surface area contributed by atoms with Gasteiger partial charge in [0.2, 0.25) is 0 Å². The molecular weight excluding hydrogens is 410 g/mol. The van der Waals surface area contributed by atoms with Crippen LogP contribution in [0.2, 0.25) is 0 Å². The van der Waals surface area contributed by atoms with Gasteiger partial charge in [0, 0.05) is 41.0 Å². The summed E-state index contributed by atoms with van der Waals surface area (Å²) in [5.74, 6) is 1.43. The molecule has 0 bridgehead atoms. The Morgan fingerprint density at radius 2 is 1.90 bits per heavy atom. The molecule has 0 saturated heterocycles. The molecule has 9 heteroatoms. The van der Waals surface area contributed by atoms with E-state index in [1.165, 1.54) is 11.3 Å². The third-order valence-electron chi connectivity index (χ3n) is 5.57. The highest BCUT2D eigenvalue weighted by atomic mass is 32.1. The molecule has 4 aromatic rings. The maximum Gasteiger partial charge on any atom is 0.276 e. The Morgan fingerprint density at radius 3 is 2.68 bits per heavy atom. The number of carbonyl (C=O) groups excluding carboxylic acids is 1. The molecule has 0 unspecified atom stereocenters. The van der Waals surface area contributed by atoms with Gasteiger partial charge >= 0.3 is 0 Å². The molecule has 2 fully saturated rings. The van der Waals surface area contributed by atoms with Crippen molar-refractivity contribution in [3.8, 4) is 22.0 Å². The zero-order chi connectivity index (χ0) is 20.8. The summed E-state index contributed by atoms with van der Waals surface area (Å²) < 4.78 is 2.06. The van der Waals surface area contributed by atoms with Crippen molar-refractivity contribution in [1.82, 2.24) is 29.7 Å². The van der Waals surface area contributed by atoms with Gasteiger partial charge in [0.15, 0.2) is 10.8 Å². The van der Waals surface area contributed by atoms with Gasteiger partial charge in [-0.25, -0.2) is 9.97 Å². The molecule has 0 aromatic carbocycles. The maximum atomic E-state index is 13.2. The number of pyridine rings is 2. The fourth-order valence-corrected chi connectivity index (χ4v) is 4.38. The fraction of sp³-hybridized carbons (Fsp3) is 0.273. The molecule has 4 heterocycles. The zero-order valence-corrected chi connectivity index (χ0v) is 17.4. The molecule has 31 heavy (non-hydrogen) atoms. The van der Waals surface area contributed by atoms with Crippen LogP contribution in [0, 0.1) is 0 Å². The first-order valence-electron chi connectivity index (χ1n) is 10.3. The smallest absolute Gasteiger partial charge is 0.276 e. The van der Waals surface area contributed by atoms with E-state index in [0.29, 0.717) is 23.5 Å². The van der Waals surface area contributed by atoms with Gasteiger partial charge in [-0.1, -0.05) is 6.07 Å². The van der Waals surface area contributed by atoms with Crippen LogP contribution in [0.15, 0.2) is 48.4 Å². The van der Waals surface area contributed by atoms with E-state index < -0.39 is 0 Å². The van der Waals surface area contributed by atoms with Crippen molar-refractivity contribution < 1.29 is 4.79 Å². The van der Waals surface area contributed by atoms with Crippen LogP contribution in [0.4, 0.5) is 5.82 Å². The first-order chi connectivity index (χ1) is 15.3. The SMILES string of the molecule is O=C(Nc1csc(-c2nncn2C2CC2)n1)c1nc(C2CC2)ccc1-c1ccncc1. The van der Waals surface area contributed by atoms with Crippen molar-refractivity contribution in [1.29, 1.82) is 0 Å². The maximum absolute atomic E-state index is 13.2. The number of carbonyl (C=O) groups is 1. The number of nitrogens with zero attached hydrogens (tertiary/aromatic N) is 6. The van der Waals surface area contributed by atoms with E-state index >= 15 is 0 Å². The molecular formula is C22H19N7OS. The van der Waals surface area contributed by atoms with E-state index in [2.05, 4.69) is 30.0 Å². The molecule has 1 N–H and O–H groups in total. The minimum absolute atomic E-state index is 0.269. The van der Waals surface area contributed by atoms with E-state index in [9.17, 15) is 4.79 Å². The predicted octanol–water partition coefficient (Wildman–Crippen LogP) is 4.32. The van der Waals surface area contributed by atoms with Gasteiger partial charge in [-0.05, 0) is 49.4 Å². The monoisotopic (exact) mass is 429 g/mol. The third-order valence-corrected chi connectivity index (χ3v) is 6.41. The highest BCUT2D eigenvalue weighted by molar-refractivity contribution is 7.13. The van der Waals surface area contributed by atoms with Crippen LogP contribution in [0.25, 0.3) is 22.0 Å². The summed E-state index contributed by atoms with van der Waals surface area (Å²) >= 11 is 1.44. The number of amides is 1. The standard InChI is InChI=1S/C22H19N7OS/c30-21(26-18-11-31-22(27-18)20-28-24-12-29(20)15-3-4-15)19-16(13-7-9-23-10-8-13)5-6-17(25-19)14-1-2-14/h5-12,14-15H,1-4H2,(H,26,30). The average molecular weight is 430 g/mol. The summed E-state index contributed by atoms with van der Waals surface area (Å²) in [6, 6.07) is 8.24. The molecule has 0 spiro atoms. The topological polar surface area (TPSA) is 98.5 Å². The van der Waals surface area contributed by atoms with Crippen molar-refractivity contribution in [2.45, 2.75) is 37.6 Å². The van der Waals surface area contributed by atoms with Crippen LogP contribution in [0.1, 0.15) is 53.8 Å². The molecule has 0 atom stereocenters. The highest BCUT2D eigenvalue weighted by Gasteiger charge is 2.29. The second kappa shape index (κ2) is 7.35. The van der Waals surface area contributed by atoms with E-state index in [4.69, 9.17) is 4.98 Å². The number of hydrogen-bond acceptors (Lipinski definition) is 7. The highest BCUT2D eigenvalue weighted by Crippen LogP contribution is 2.40. The fourth-order valence-electron chi connectivity index (χ4n) is 3.64. The van der Waals surface area contributed by atoms with Gasteiger partial charge in [0.25, 0.3) is 5.91 Å². The Morgan fingerprint density at radius 1 is 1.06 bits per heavy atom. The molecule has 0 radical (unpaired) electrons. The summed E-state index contributed by atoms with van der Waals surface area (Å²) in [5.41, 5.74) is 3.07. The first-order valence-corrected chi connectivity index (χ1v) is 11.2. The Kier molecular flexibility index (Phi) is 4.34. The van der Waals surface area contributed by atoms with Gasteiger partial charge in [-0.15, -0.1) is 21.5 Å². The van der Waals surface area contributed by atoms with Crippen LogP contribution in [0.5, 0.6) is 0 Å². The molecule has 2 aliphatic rings. The van der Waals surface area contributed by atoms with Crippen LogP contribution in [0.3, 0.4) is 0 Å². The summed E-state index contributed by atoms with van der Waals surface area (Å²) in [7, 11) is 0. The zero-order valence-electron chi connectivity index (χ0n) is 16.6. The van der Waals surface area contributed by atoms with Crippen molar-refractivity contribution in [3.63, 3.8) is 0 Å². The summed E-state index contributed by atoms with van der Waals surface area (Å²) in [6.45, 7) is 0. The lowest BCUT2D eigenvalue weighted by molar-refractivity contribution is 0.102. The van der Waals surface area contributed by atoms with Crippen molar-refractivity contribution in [2.75, 3.05) is 5.32 Å². The Balaban J connectivity index is 1.30. The molecule has 2 aliphatic carbocycles. The molecule has 4 aromatic heterocycles. The summed E-state index contributed by atoms with van der Waals surface area (Å²) in [6.07, 6.45) is 9.71. The predicted molar refractivity (Wildman–Crippen MR) is 117 cm³/mol. The van der Waals surface area contributed by atoms with Gasteiger partial charge < -0.3 is 9.88 Å². The van der Waals surface area contributed by atoms with Crippen LogP contribution in [-0.4, -0.2) is 35.6 Å². The molecule has 0 aliphatic heterocycles. The van der Waals surface area contributed by atoms with E-state index in [1.807, 2.05) is 29.6 Å². The van der Waals surface area contributed by atoms with Gasteiger partial charge in [0.1, 0.15) is 17.8 Å². The Hall–Kier alpha value is -3.46. The number of hydrogen-bond donors (Lipinski definition) is 1. The van der Waals surface area contributed by atoms with Crippen LogP contribution in [-0.2, 0) is 0 Å². The van der Waals surface area contributed by atoms with E-state index in [1.54, 1.807) is 18.7 Å². The second-order valence-corrected chi connectivity index (χ2v) is 8.79. The minimum Gasteiger partial charge on any atom is -0.308 e. The average Bonchev–Trinajstić information content (AvgIpc) is 3.74. The molecule has 154 valence electrons. The normalized spacial score (nSPS) is 15.7. The number of nitrogens with one attached hydrogen (secondary N) is 1. The van der Waals surface area contributed by atoms with Gasteiger partial charge in [0.05, 0.1) is 0 Å².